The summed E-state index contributed by atoms with van der Waals surface area (Å²) in [5.74, 6) is -0.474. The second-order valence-corrected chi connectivity index (χ2v) is 7.80. The smallest absolute Gasteiger partial charge is 0.410 e. The van der Waals surface area contributed by atoms with Crippen molar-refractivity contribution in [2.75, 3.05) is 13.1 Å². The second kappa shape index (κ2) is 7.01. The highest BCUT2D eigenvalue weighted by Crippen LogP contribution is 2.40. The molecule has 24 heavy (non-hydrogen) atoms. The molecule has 0 bridgehead atoms. The molecule has 7 heteroatoms. The third-order valence-corrected chi connectivity index (χ3v) is 4.86. The van der Waals surface area contributed by atoms with E-state index in [1.54, 1.807) is 4.90 Å². The van der Waals surface area contributed by atoms with Crippen LogP contribution < -0.4 is 0 Å². The van der Waals surface area contributed by atoms with E-state index >= 15 is 0 Å². The number of ether oxygens (including phenoxy) is 1. The maximum atomic E-state index is 12.4. The quantitative estimate of drug-likeness (QED) is 0.758. The zero-order valence-corrected chi connectivity index (χ0v) is 15.7. The Bertz CT molecular complexity index is 647. The Morgan fingerprint density at radius 3 is 2.33 bits per heavy atom. The van der Waals surface area contributed by atoms with Gasteiger partial charge in [-0.3, -0.25) is 4.79 Å². The average molecular weight is 396 g/mol. The van der Waals surface area contributed by atoms with Crippen LogP contribution in [0, 0.1) is 5.53 Å². The molecule has 1 aliphatic heterocycles. The first-order valence-electron chi connectivity index (χ1n) is 7.84. The molecule has 1 N–H and O–H groups in total. The van der Waals surface area contributed by atoms with Gasteiger partial charge in [-0.15, -0.1) is 5.11 Å². The Hall–Kier alpha value is -1.76. The van der Waals surface area contributed by atoms with E-state index in [0.717, 1.165) is 10.0 Å². The molecule has 0 spiro atoms. The van der Waals surface area contributed by atoms with Crippen LogP contribution >= 0.6 is 15.9 Å². The number of nitrogens with zero attached hydrogens (tertiary/aromatic N) is 2. The normalized spacial score (nSPS) is 17.2. The van der Waals surface area contributed by atoms with Crippen LogP contribution in [-0.4, -0.2) is 35.6 Å². The summed E-state index contributed by atoms with van der Waals surface area (Å²) in [5.41, 5.74) is 6.58. The van der Waals surface area contributed by atoms with Gasteiger partial charge < -0.3 is 9.64 Å². The summed E-state index contributed by atoms with van der Waals surface area (Å²) in [6, 6.07) is 7.48. The Kier molecular flexibility index (Phi) is 5.42. The summed E-state index contributed by atoms with van der Waals surface area (Å²) >= 11 is 3.49. The molecule has 1 fully saturated rings. The number of hydrogen-bond acceptors (Lipinski definition) is 4. The summed E-state index contributed by atoms with van der Waals surface area (Å²) in [6.07, 6.45) is 0.449. The summed E-state index contributed by atoms with van der Waals surface area (Å²) in [7, 11) is 0. The van der Waals surface area contributed by atoms with Crippen molar-refractivity contribution in [2.24, 2.45) is 5.11 Å². The summed E-state index contributed by atoms with van der Waals surface area (Å²) in [5, 5.41) is 3.19. The minimum Gasteiger partial charge on any atom is -0.444 e. The molecule has 6 nitrogen and oxygen atoms in total. The van der Waals surface area contributed by atoms with Crippen LogP contribution in [0.3, 0.4) is 0 Å². The molecular weight excluding hydrogens is 374 g/mol. The number of carbonyl (C=O) groups excluding carboxylic acids is 2. The summed E-state index contributed by atoms with van der Waals surface area (Å²) in [4.78, 5) is 26.3. The van der Waals surface area contributed by atoms with Gasteiger partial charge in [0.25, 0.3) is 5.91 Å². The molecule has 130 valence electrons. The van der Waals surface area contributed by atoms with E-state index in [1.165, 1.54) is 0 Å². The molecule has 0 aromatic heterocycles. The molecule has 1 saturated heterocycles. The first-order valence-corrected chi connectivity index (χ1v) is 8.64. The van der Waals surface area contributed by atoms with E-state index in [4.69, 9.17) is 10.3 Å². The summed E-state index contributed by atoms with van der Waals surface area (Å²) < 4.78 is 6.21. The fourth-order valence-electron chi connectivity index (χ4n) is 2.95. The zero-order chi connectivity index (χ0) is 18.0. The first kappa shape index (κ1) is 18.6. The molecule has 0 radical (unpaired) electrons. The lowest BCUT2D eigenvalue weighted by atomic mass is 9.72. The minimum absolute atomic E-state index is 0.376. The molecule has 1 aromatic rings. The minimum atomic E-state index is -0.875. The molecule has 0 aliphatic carbocycles. The fourth-order valence-corrected chi connectivity index (χ4v) is 3.62. The highest BCUT2D eigenvalue weighted by molar-refractivity contribution is 9.10. The largest absolute Gasteiger partial charge is 0.444 e. The lowest BCUT2D eigenvalue weighted by Crippen LogP contribution is -2.49. The van der Waals surface area contributed by atoms with Crippen molar-refractivity contribution in [1.82, 2.24) is 4.90 Å². The van der Waals surface area contributed by atoms with Crippen molar-refractivity contribution in [1.29, 1.82) is 5.53 Å². The van der Waals surface area contributed by atoms with E-state index < -0.39 is 16.9 Å². The van der Waals surface area contributed by atoms with Gasteiger partial charge in [0.2, 0.25) is 0 Å². The number of rotatable bonds is 2. The van der Waals surface area contributed by atoms with E-state index in [-0.39, 0.29) is 6.09 Å². The molecule has 1 heterocycles. The Balaban J connectivity index is 2.23. The zero-order valence-electron chi connectivity index (χ0n) is 14.1. The van der Waals surface area contributed by atoms with Crippen molar-refractivity contribution < 1.29 is 14.3 Å². The number of likely N-dealkylation sites (tertiary alicyclic amines) is 1. The van der Waals surface area contributed by atoms with Crippen LogP contribution in [0.5, 0.6) is 0 Å². The standard InChI is InChI=1S/C17H22BrN3O3/c1-16(2,3)24-15(23)21-10-8-17(9-11-21,14(22)20-19)12-6-4-5-7-13(12)18/h4-7,19H,8-11H2,1-3H3. The van der Waals surface area contributed by atoms with Crippen molar-refractivity contribution in [3.8, 4) is 0 Å². The highest BCUT2D eigenvalue weighted by Gasteiger charge is 2.45. The number of hydrogen-bond donors (Lipinski definition) is 1. The van der Waals surface area contributed by atoms with Gasteiger partial charge in [-0.25, -0.2) is 10.3 Å². The molecule has 0 unspecified atom stereocenters. The Morgan fingerprint density at radius 1 is 1.25 bits per heavy atom. The number of amides is 2. The van der Waals surface area contributed by atoms with Gasteiger partial charge in [0, 0.05) is 17.6 Å². The number of halogens is 1. The number of nitrogens with one attached hydrogen (secondary N) is 1. The number of benzene rings is 1. The van der Waals surface area contributed by atoms with Crippen LogP contribution in [0.15, 0.2) is 33.9 Å². The maximum Gasteiger partial charge on any atom is 0.410 e. The van der Waals surface area contributed by atoms with E-state index in [9.17, 15) is 9.59 Å². The third-order valence-electron chi connectivity index (χ3n) is 4.17. The maximum absolute atomic E-state index is 12.4. The van der Waals surface area contributed by atoms with E-state index in [2.05, 4.69) is 21.0 Å². The van der Waals surface area contributed by atoms with Crippen LogP contribution in [0.2, 0.25) is 0 Å². The van der Waals surface area contributed by atoms with Crippen LogP contribution in [0.4, 0.5) is 4.79 Å². The predicted octanol–water partition coefficient (Wildman–Crippen LogP) is 4.28. The first-order chi connectivity index (χ1) is 11.2. The predicted molar refractivity (Wildman–Crippen MR) is 93.0 cm³/mol. The van der Waals surface area contributed by atoms with Gasteiger partial charge in [-0.05, 0) is 45.2 Å². The van der Waals surface area contributed by atoms with Crippen LogP contribution in [0.25, 0.3) is 0 Å². The van der Waals surface area contributed by atoms with Crippen molar-refractivity contribution in [2.45, 2.75) is 44.6 Å². The van der Waals surface area contributed by atoms with Crippen LogP contribution in [-0.2, 0) is 14.9 Å². The van der Waals surface area contributed by atoms with Gasteiger partial charge in [0.05, 0.1) is 5.41 Å². The Morgan fingerprint density at radius 2 is 1.83 bits per heavy atom. The molecule has 0 saturated carbocycles. The van der Waals surface area contributed by atoms with Gasteiger partial charge in [-0.1, -0.05) is 34.1 Å². The van der Waals surface area contributed by atoms with Crippen molar-refractivity contribution in [3.05, 3.63) is 34.3 Å². The summed E-state index contributed by atoms with van der Waals surface area (Å²) in [6.45, 7) is 6.24. The molecule has 1 aromatic carbocycles. The SMILES string of the molecule is CC(C)(C)OC(=O)N1CCC(C(=O)N=N)(c2ccccc2Br)CC1. The topological polar surface area (TPSA) is 82.8 Å². The Labute approximate surface area is 150 Å². The molecule has 2 amide bonds. The fraction of sp³-hybridized carbons (Fsp3) is 0.529. The monoisotopic (exact) mass is 395 g/mol. The second-order valence-electron chi connectivity index (χ2n) is 6.95. The van der Waals surface area contributed by atoms with E-state index in [0.29, 0.717) is 25.9 Å². The van der Waals surface area contributed by atoms with Crippen molar-refractivity contribution in [3.63, 3.8) is 0 Å². The number of piperidine rings is 1. The van der Waals surface area contributed by atoms with E-state index in [1.807, 2.05) is 45.0 Å². The van der Waals surface area contributed by atoms with Gasteiger partial charge in [-0.2, -0.15) is 0 Å². The molecule has 1 aliphatic rings. The van der Waals surface area contributed by atoms with Crippen molar-refractivity contribution >= 4 is 27.9 Å². The van der Waals surface area contributed by atoms with Gasteiger partial charge in [0.1, 0.15) is 5.60 Å². The lowest BCUT2D eigenvalue weighted by molar-refractivity contribution is -0.126. The van der Waals surface area contributed by atoms with Gasteiger partial charge >= 0.3 is 6.09 Å². The highest BCUT2D eigenvalue weighted by atomic mass is 79.9. The third kappa shape index (κ3) is 3.83. The van der Waals surface area contributed by atoms with Crippen LogP contribution in [0.1, 0.15) is 39.2 Å². The molecule has 2 rings (SSSR count). The number of carbonyl (C=O) groups is 2. The average Bonchev–Trinajstić information content (AvgIpc) is 2.53. The lowest BCUT2D eigenvalue weighted by Gasteiger charge is -2.40. The molecule has 0 atom stereocenters. The van der Waals surface area contributed by atoms with Gasteiger partial charge in [0.15, 0.2) is 0 Å². The molecular formula is C17H22BrN3O3.